The molecule has 0 aliphatic rings. The molecular weight excluding hydrogens is 1790 g/mol. The molecule has 0 spiro atoms. The smallest absolute Gasteiger partial charge is 0.171 e. The predicted molar refractivity (Wildman–Crippen MR) is 514 cm³/mol. The first-order valence-corrected chi connectivity index (χ1v) is 50.3. The number of alkyl halides is 27. The fraction of sp³-hybridized carbons (Fsp3) is 1.00. The molecule has 0 heterocycles. The molecule has 0 aromatic rings. The Morgan fingerprint density at radius 1 is 0.180 bits per heavy atom. The lowest BCUT2D eigenvalue weighted by Crippen LogP contribution is -2.47. The highest BCUT2D eigenvalue weighted by Crippen LogP contribution is 2.59. The van der Waals surface area contributed by atoms with Crippen molar-refractivity contribution in [3.05, 3.63) is 0 Å². The Hall–Kier alpha value is -1.89. The van der Waals surface area contributed by atoms with Gasteiger partial charge in [0.15, 0.2) is 0 Å². The molecule has 0 fully saturated rings. The Balaban J connectivity index is -0.000000137. The van der Waals surface area contributed by atoms with Crippen LogP contribution in [-0.4, -0.2) is 55.6 Å². The van der Waals surface area contributed by atoms with Crippen LogP contribution in [0.15, 0.2) is 0 Å². The molecule has 0 saturated heterocycles. The molecule has 0 saturated carbocycles. The average Bonchev–Trinajstić information content (AvgIpc) is 0.754. The van der Waals surface area contributed by atoms with Crippen molar-refractivity contribution in [2.45, 2.75) is 555 Å². The van der Waals surface area contributed by atoms with Crippen molar-refractivity contribution in [3.63, 3.8) is 0 Å². The van der Waals surface area contributed by atoms with Gasteiger partial charge in [0.2, 0.25) is 0 Å². The summed E-state index contributed by atoms with van der Waals surface area (Å²) in [7, 11) is 0. The van der Waals surface area contributed by atoms with E-state index in [9.17, 15) is 119 Å². The van der Waals surface area contributed by atoms with E-state index in [0.29, 0.717) is 80.5 Å². The van der Waals surface area contributed by atoms with E-state index in [2.05, 4.69) is 76.2 Å². The van der Waals surface area contributed by atoms with Crippen LogP contribution in [0.2, 0.25) is 0 Å². The van der Waals surface area contributed by atoms with Crippen molar-refractivity contribution in [3.8, 4) is 0 Å². The van der Waals surface area contributed by atoms with Crippen LogP contribution in [0.4, 0.5) is 119 Å². The maximum Gasteiger partial charge on any atom is 0.394 e. The lowest BCUT2D eigenvalue weighted by molar-refractivity contribution is -0.259. The zero-order chi connectivity index (χ0) is 110. The normalized spacial score (nSPS) is 16.1. The quantitative estimate of drug-likeness (QED) is 0.0555. The van der Waals surface area contributed by atoms with Crippen LogP contribution in [0.25, 0.3) is 0 Å². The molecule has 0 N–H and O–H groups in total. The van der Waals surface area contributed by atoms with Gasteiger partial charge in [-0.1, -0.05) is 416 Å². The minimum absolute atomic E-state index is 0.0478. The molecule has 133 heavy (non-hydrogen) atoms. The van der Waals surface area contributed by atoms with Gasteiger partial charge in [0.25, 0.3) is 0 Å². The second kappa shape index (κ2) is 63.3. The lowest BCUT2D eigenvalue weighted by Gasteiger charge is -2.46. The van der Waals surface area contributed by atoms with Crippen LogP contribution in [0, 0.1) is 130 Å². The molecule has 0 aliphatic heterocycles. The second-order valence-corrected chi connectivity index (χ2v) is 44.2. The molecule has 0 aromatic carbocycles. The van der Waals surface area contributed by atoms with Gasteiger partial charge >= 0.3 is 55.6 Å². The third-order valence-corrected chi connectivity index (χ3v) is 32.4. The van der Waals surface area contributed by atoms with E-state index in [1.807, 2.05) is 104 Å². The van der Waals surface area contributed by atoms with E-state index in [-0.39, 0.29) is 124 Å². The van der Waals surface area contributed by atoms with Crippen LogP contribution in [0.5, 0.6) is 0 Å². The Morgan fingerprint density at radius 3 is 0.481 bits per heavy atom. The van der Waals surface area contributed by atoms with Gasteiger partial charge in [-0.05, 0) is 164 Å². The van der Waals surface area contributed by atoms with Crippen LogP contribution in [0.1, 0.15) is 500 Å². The SMILES string of the molecule is CC(C)C(C(C)C)C(C)(C)C(F)(F)F.CCC(C)(C(C(C)C)C(C)C)C(F)(F)F.CCC(C)(C(C)C)C(F)(F)F.CCC(C)(CC)C(C)(C)C.CCC(C)(CC)C(C)(CC)C(F)(F)F.CCC(C)(CC)C(F)(F)F.CCC(CC)C(C)(C)C.CCC(CC)C(C)(CC)C(F)(F)F.CCCC(C)(C(CC)CC)C(F)(F)F.CCCC(C)(CC)C(F)(F)F.CCCC(C)(CCC)C(F)(F)F. The van der Waals surface area contributed by atoms with Crippen LogP contribution >= 0.6 is 0 Å². The van der Waals surface area contributed by atoms with Crippen molar-refractivity contribution in [2.75, 3.05) is 0 Å². The van der Waals surface area contributed by atoms with Gasteiger partial charge < -0.3 is 0 Å². The zero-order valence-corrected chi connectivity index (χ0v) is 93.7. The summed E-state index contributed by atoms with van der Waals surface area (Å²) in [6.45, 7) is 87.9. The van der Waals surface area contributed by atoms with Gasteiger partial charge in [-0.25, -0.2) is 0 Å². The molecule has 0 radical (unpaired) electrons. The molecule has 0 amide bonds. The topological polar surface area (TPSA) is 0 Å². The monoisotopic (exact) mass is 1990 g/mol. The van der Waals surface area contributed by atoms with Crippen molar-refractivity contribution in [1.82, 2.24) is 0 Å². The summed E-state index contributed by atoms with van der Waals surface area (Å²) in [6, 6.07) is 0. The third kappa shape index (κ3) is 48.4. The molecular formula is C106H207F27. The van der Waals surface area contributed by atoms with Gasteiger partial charge in [-0.3, -0.25) is 0 Å². The molecule has 0 aliphatic carbocycles. The van der Waals surface area contributed by atoms with Crippen molar-refractivity contribution >= 4 is 0 Å². The van der Waals surface area contributed by atoms with Crippen molar-refractivity contribution in [2.24, 2.45) is 130 Å². The fourth-order valence-corrected chi connectivity index (χ4v) is 18.7. The van der Waals surface area contributed by atoms with Gasteiger partial charge in [0.1, 0.15) is 0 Å². The van der Waals surface area contributed by atoms with Crippen molar-refractivity contribution in [1.29, 1.82) is 0 Å². The average molecular weight is 1990 g/mol. The molecule has 6 atom stereocenters. The molecule has 0 aromatic heterocycles. The van der Waals surface area contributed by atoms with Crippen LogP contribution in [0.3, 0.4) is 0 Å². The lowest BCUT2D eigenvalue weighted by atomic mass is 9.60. The maximum absolute atomic E-state index is 13.1. The van der Waals surface area contributed by atoms with E-state index in [4.69, 9.17) is 0 Å². The third-order valence-electron chi connectivity index (χ3n) is 32.4. The maximum atomic E-state index is 13.1. The fourth-order valence-electron chi connectivity index (χ4n) is 18.7. The molecule has 0 nitrogen and oxygen atoms in total. The highest BCUT2D eigenvalue weighted by Gasteiger charge is 2.61. The minimum atomic E-state index is -4.12. The van der Waals surface area contributed by atoms with Crippen LogP contribution in [-0.2, 0) is 0 Å². The Morgan fingerprint density at radius 2 is 0.406 bits per heavy atom. The van der Waals surface area contributed by atoms with E-state index in [0.717, 1.165) is 5.92 Å². The Labute approximate surface area is 800 Å². The van der Waals surface area contributed by atoms with Crippen LogP contribution < -0.4 is 0 Å². The molecule has 27 heteroatoms. The highest BCUT2D eigenvalue weighted by atomic mass is 19.4. The molecule has 6 unspecified atom stereocenters. The first-order chi connectivity index (χ1) is 58.7. The summed E-state index contributed by atoms with van der Waals surface area (Å²) in [6.07, 6.45) is -23.5. The largest absolute Gasteiger partial charge is 0.394 e. The number of hydrogen-bond acceptors (Lipinski definition) is 0. The molecule has 0 rings (SSSR count). The van der Waals surface area contributed by atoms with Gasteiger partial charge in [0, 0.05) is 0 Å². The molecule has 820 valence electrons. The van der Waals surface area contributed by atoms with E-state index in [1.54, 1.807) is 90.0 Å². The second-order valence-electron chi connectivity index (χ2n) is 44.2. The number of hydrogen-bond donors (Lipinski definition) is 0. The van der Waals surface area contributed by atoms with Crippen molar-refractivity contribution < 1.29 is 119 Å². The number of rotatable bonds is 35. The van der Waals surface area contributed by atoms with Gasteiger partial charge in [-0.15, -0.1) is 0 Å². The highest BCUT2D eigenvalue weighted by molar-refractivity contribution is 4.97. The zero-order valence-electron chi connectivity index (χ0n) is 93.7. The van der Waals surface area contributed by atoms with Gasteiger partial charge in [-0.2, -0.15) is 119 Å². The summed E-state index contributed by atoms with van der Waals surface area (Å²) in [5.41, 5.74) is -12.8. The first-order valence-electron chi connectivity index (χ1n) is 50.3. The standard InChI is InChI=1S/C12H23F3.3C11H21F3.C10H19F3.C10H22.C9H17F3.C9H20.2C8H15F3.C7H13F3/c1-7-11(6,12(13,14)15)10(8(2)3)9(4)5;1-7(2)9(8(3)4)10(5,6)11(12,13)14;1-6-9(4,7-2)10(5,8-3)11(12,13)14;1-5-8-10(4,11(12,13)14)9(6-2)7-3;1-5-8(6-2)9(4,7-3)10(11,12)13;1-7-10(6,8-2)9(3,4)5;1-4-6-8(3,7-5-2)9(10,11)12;1-6-8(7-2)9(3,4)5;1-5-7(4,6(2)3)8(9,10)11;1-4-6-7(3,5-2)8(9,10)11;1-4-6(3,5-2)7(8,9)10/h8-10H,7H2,1-6H3;7-9H,1-6H3;6-8H2,1-5H3;9H,5-8H2,1-4H3;8H,5-7H2,1-4H3;7-8H2,1-6H3;4-7H2,1-3H3;8H,6-7H2,1-5H3;6H,5H2,1-4H3;4-6H2,1-3H3;4-5H2,1-3H3. The number of halogens is 27. The van der Waals surface area contributed by atoms with Gasteiger partial charge in [0.05, 0.1) is 48.7 Å². The first kappa shape index (κ1) is 154. The summed E-state index contributed by atoms with van der Waals surface area (Å²) in [5.74, 6) is -0.402. The molecule has 0 bridgehead atoms. The summed E-state index contributed by atoms with van der Waals surface area (Å²) < 4.78 is 341. The Bertz CT molecular complexity index is 2720. The summed E-state index contributed by atoms with van der Waals surface area (Å²) >= 11 is 0. The summed E-state index contributed by atoms with van der Waals surface area (Å²) in [4.78, 5) is 0. The predicted octanol–water partition coefficient (Wildman–Crippen LogP) is 45.6. The van der Waals surface area contributed by atoms with E-state index >= 15 is 0 Å². The van der Waals surface area contributed by atoms with E-state index < -0.39 is 110 Å². The Kier molecular flexibility index (Phi) is 73.2. The summed E-state index contributed by atoms with van der Waals surface area (Å²) in [5, 5.41) is 0. The van der Waals surface area contributed by atoms with E-state index in [1.165, 1.54) is 94.9 Å². The minimum Gasteiger partial charge on any atom is -0.171 e.